The average molecular weight is 260 g/mol. The molecule has 2 aromatic rings. The van der Waals surface area contributed by atoms with Crippen LogP contribution in [-0.2, 0) is 6.42 Å². The summed E-state index contributed by atoms with van der Waals surface area (Å²) in [5.74, 6) is 0. The number of thiophene rings is 1. The molecule has 6 heteroatoms. The maximum atomic E-state index is 8.90. The molecular weight excluding hydrogens is 246 g/mol. The molecule has 0 spiro atoms. The Balaban J connectivity index is 0.00000128. The molecule has 0 radical (unpaired) electrons. The number of rotatable bonds is 4. The van der Waals surface area contributed by atoms with Crippen LogP contribution in [0.4, 0.5) is 0 Å². The Kier molecular flexibility index (Phi) is 4.95. The molecule has 0 saturated carbocycles. The minimum Gasteiger partial charge on any atom is -0.395 e. The molecule has 0 fully saturated rings. The molecule has 2 rings (SSSR count). The van der Waals surface area contributed by atoms with Gasteiger partial charge in [-0.2, -0.15) is 5.10 Å². The summed E-state index contributed by atoms with van der Waals surface area (Å²) in [5.41, 5.74) is 7.76. The first-order chi connectivity index (χ1) is 7.31. The maximum Gasteiger partial charge on any atom is 0.0782 e. The average Bonchev–Trinajstić information content (AvgIpc) is 2.86. The van der Waals surface area contributed by atoms with Gasteiger partial charge in [0.15, 0.2) is 0 Å². The highest BCUT2D eigenvalue weighted by Gasteiger charge is 2.11. The van der Waals surface area contributed by atoms with Crippen LogP contribution >= 0.6 is 23.7 Å². The number of aromatic amines is 1. The lowest BCUT2D eigenvalue weighted by atomic mass is 10.1. The minimum atomic E-state index is -0.221. The fraction of sp³-hybridized carbons (Fsp3) is 0.300. The number of nitrogens with one attached hydrogen (secondary N) is 1. The number of halogens is 1. The number of hydrogen-bond acceptors (Lipinski definition) is 4. The summed E-state index contributed by atoms with van der Waals surface area (Å²) in [5, 5.41) is 17.9. The zero-order valence-corrected chi connectivity index (χ0v) is 10.2. The molecule has 4 N–H and O–H groups in total. The largest absolute Gasteiger partial charge is 0.395 e. The van der Waals surface area contributed by atoms with E-state index in [1.54, 1.807) is 17.5 Å². The van der Waals surface area contributed by atoms with Crippen molar-refractivity contribution in [2.45, 2.75) is 12.5 Å². The van der Waals surface area contributed by atoms with E-state index >= 15 is 0 Å². The maximum absolute atomic E-state index is 8.90. The summed E-state index contributed by atoms with van der Waals surface area (Å²) in [7, 11) is 0. The summed E-state index contributed by atoms with van der Waals surface area (Å²) in [6.07, 6.45) is 2.41. The Morgan fingerprint density at radius 3 is 3.00 bits per heavy atom. The van der Waals surface area contributed by atoms with Gasteiger partial charge in [-0.05, 0) is 17.9 Å². The molecule has 0 aromatic carbocycles. The fourth-order valence-corrected chi connectivity index (χ4v) is 2.20. The van der Waals surface area contributed by atoms with Gasteiger partial charge in [0.1, 0.15) is 0 Å². The highest BCUT2D eigenvalue weighted by molar-refractivity contribution is 7.13. The second-order valence-corrected chi connectivity index (χ2v) is 4.34. The Hall–Kier alpha value is -0.880. The number of aliphatic hydroxyl groups is 1. The molecule has 1 atom stereocenters. The molecule has 0 saturated heterocycles. The molecule has 0 bridgehead atoms. The molecule has 88 valence electrons. The predicted molar refractivity (Wildman–Crippen MR) is 67.9 cm³/mol. The minimum absolute atomic E-state index is 0. The van der Waals surface area contributed by atoms with Crippen molar-refractivity contribution in [1.82, 2.24) is 10.2 Å². The van der Waals surface area contributed by atoms with Crippen molar-refractivity contribution in [2.75, 3.05) is 6.61 Å². The first-order valence-corrected chi connectivity index (χ1v) is 5.61. The van der Waals surface area contributed by atoms with Crippen LogP contribution in [0.2, 0.25) is 0 Å². The first-order valence-electron chi connectivity index (χ1n) is 4.74. The number of aromatic nitrogens is 2. The molecule has 2 aromatic heterocycles. The normalized spacial score (nSPS) is 12.1. The number of hydrogen-bond donors (Lipinski definition) is 3. The van der Waals surface area contributed by atoms with Crippen molar-refractivity contribution < 1.29 is 5.11 Å². The molecule has 4 nitrogen and oxygen atoms in total. The molecule has 16 heavy (non-hydrogen) atoms. The number of nitrogens with zero attached hydrogens (tertiary/aromatic N) is 1. The van der Waals surface area contributed by atoms with Gasteiger partial charge in [0.25, 0.3) is 0 Å². The van der Waals surface area contributed by atoms with E-state index in [9.17, 15) is 0 Å². The van der Waals surface area contributed by atoms with Crippen LogP contribution in [0.25, 0.3) is 10.6 Å². The summed E-state index contributed by atoms with van der Waals surface area (Å²) in [4.78, 5) is 1.15. The van der Waals surface area contributed by atoms with Crippen molar-refractivity contribution in [2.24, 2.45) is 5.73 Å². The Bertz CT molecular complexity index is 415. The predicted octanol–water partition coefficient (Wildman–Crippen LogP) is 1.42. The van der Waals surface area contributed by atoms with E-state index in [2.05, 4.69) is 10.2 Å². The van der Waals surface area contributed by atoms with E-state index in [4.69, 9.17) is 10.8 Å². The molecule has 1 unspecified atom stereocenters. The third kappa shape index (κ3) is 2.82. The molecule has 0 aliphatic rings. The Morgan fingerprint density at radius 2 is 2.38 bits per heavy atom. The Labute approximate surface area is 104 Å². The molecular formula is C10H14ClN3OS. The lowest BCUT2D eigenvalue weighted by molar-refractivity contribution is 0.265. The standard InChI is InChI=1S/C10H13N3OS.ClH/c11-8(6-14)4-7-5-12-13-10(7)9-2-1-3-15-9;/h1-3,5,8,14H,4,6,11H2,(H,12,13);1H. The van der Waals surface area contributed by atoms with Crippen molar-refractivity contribution in [3.63, 3.8) is 0 Å². The van der Waals surface area contributed by atoms with E-state index in [0.29, 0.717) is 6.42 Å². The van der Waals surface area contributed by atoms with Crippen molar-refractivity contribution in [1.29, 1.82) is 0 Å². The highest BCUT2D eigenvalue weighted by Crippen LogP contribution is 2.26. The third-order valence-electron chi connectivity index (χ3n) is 2.20. The van der Waals surface area contributed by atoms with Gasteiger partial charge in [0.05, 0.1) is 23.4 Å². The van der Waals surface area contributed by atoms with Gasteiger partial charge < -0.3 is 10.8 Å². The third-order valence-corrected chi connectivity index (χ3v) is 3.09. The van der Waals surface area contributed by atoms with Crippen LogP contribution in [0.5, 0.6) is 0 Å². The van der Waals surface area contributed by atoms with Gasteiger partial charge in [-0.25, -0.2) is 0 Å². The van der Waals surface area contributed by atoms with Crippen LogP contribution in [0.3, 0.4) is 0 Å². The van der Waals surface area contributed by atoms with E-state index in [-0.39, 0.29) is 25.1 Å². The van der Waals surface area contributed by atoms with Crippen molar-refractivity contribution in [3.8, 4) is 10.6 Å². The molecule has 0 aliphatic carbocycles. The van der Waals surface area contributed by atoms with Gasteiger partial charge in [-0.3, -0.25) is 5.10 Å². The zero-order chi connectivity index (χ0) is 10.7. The quantitative estimate of drug-likeness (QED) is 0.777. The zero-order valence-electron chi connectivity index (χ0n) is 8.59. The van der Waals surface area contributed by atoms with Crippen LogP contribution in [0.15, 0.2) is 23.7 Å². The summed E-state index contributed by atoms with van der Waals surface area (Å²) >= 11 is 1.65. The monoisotopic (exact) mass is 259 g/mol. The Morgan fingerprint density at radius 1 is 1.56 bits per heavy atom. The fourth-order valence-electron chi connectivity index (χ4n) is 1.45. The smallest absolute Gasteiger partial charge is 0.0782 e. The van der Waals surface area contributed by atoms with E-state index in [1.165, 1.54) is 0 Å². The topological polar surface area (TPSA) is 74.9 Å². The first kappa shape index (κ1) is 13.2. The lowest BCUT2D eigenvalue weighted by Crippen LogP contribution is -2.26. The molecule has 0 aliphatic heterocycles. The SMILES string of the molecule is Cl.NC(CO)Cc1cn[nH]c1-c1cccs1. The highest BCUT2D eigenvalue weighted by atomic mass is 35.5. The van der Waals surface area contributed by atoms with Crippen molar-refractivity contribution >= 4 is 23.7 Å². The van der Waals surface area contributed by atoms with Crippen LogP contribution < -0.4 is 5.73 Å². The molecule has 2 heterocycles. The van der Waals surface area contributed by atoms with Crippen LogP contribution in [-0.4, -0.2) is 28.0 Å². The summed E-state index contributed by atoms with van der Waals surface area (Å²) in [6, 6.07) is 3.81. The van der Waals surface area contributed by atoms with E-state index < -0.39 is 0 Å². The van der Waals surface area contributed by atoms with Gasteiger partial charge in [0, 0.05) is 11.6 Å². The van der Waals surface area contributed by atoms with E-state index in [1.807, 2.05) is 17.5 Å². The van der Waals surface area contributed by atoms with Crippen molar-refractivity contribution in [3.05, 3.63) is 29.3 Å². The molecule has 0 amide bonds. The second-order valence-electron chi connectivity index (χ2n) is 3.39. The van der Waals surface area contributed by atoms with Gasteiger partial charge in [0.2, 0.25) is 0 Å². The number of nitrogens with two attached hydrogens (primary N) is 1. The summed E-state index contributed by atoms with van der Waals surface area (Å²) in [6.45, 7) is -0.00490. The number of aliphatic hydroxyl groups excluding tert-OH is 1. The van der Waals surface area contributed by atoms with Gasteiger partial charge in [-0.15, -0.1) is 23.7 Å². The number of H-pyrrole nitrogens is 1. The second kappa shape index (κ2) is 6.00. The van der Waals surface area contributed by atoms with Crippen LogP contribution in [0.1, 0.15) is 5.56 Å². The van der Waals surface area contributed by atoms with Gasteiger partial charge in [-0.1, -0.05) is 6.07 Å². The summed E-state index contributed by atoms with van der Waals surface area (Å²) < 4.78 is 0. The van der Waals surface area contributed by atoms with E-state index in [0.717, 1.165) is 16.1 Å². The van der Waals surface area contributed by atoms with Gasteiger partial charge >= 0.3 is 0 Å². The lowest BCUT2D eigenvalue weighted by Gasteiger charge is -2.06. The van der Waals surface area contributed by atoms with Crippen LogP contribution in [0, 0.1) is 0 Å².